The van der Waals surface area contributed by atoms with E-state index in [0.717, 1.165) is 39.1 Å². The molecule has 0 unspecified atom stereocenters. The van der Waals surface area contributed by atoms with Crippen LogP contribution in [0.25, 0.3) is 0 Å². The second-order valence-electron chi connectivity index (χ2n) is 9.46. The molecule has 0 aromatic carbocycles. The van der Waals surface area contributed by atoms with Gasteiger partial charge in [0.2, 0.25) is 5.91 Å². The highest BCUT2D eigenvalue weighted by atomic mass is 16.6. The number of carbonyl (C=O) groups excluding carboxylic acids is 2. The van der Waals surface area contributed by atoms with Gasteiger partial charge in [0.15, 0.2) is 0 Å². The van der Waals surface area contributed by atoms with Crippen LogP contribution >= 0.6 is 0 Å². The summed E-state index contributed by atoms with van der Waals surface area (Å²) in [5.74, 6) is 1.83. The minimum atomic E-state index is -0.146. The molecule has 0 aromatic heterocycles. The van der Waals surface area contributed by atoms with Crippen LogP contribution in [-0.2, 0) is 9.53 Å². The van der Waals surface area contributed by atoms with E-state index in [1.165, 1.54) is 12.8 Å². The molecular weight excluding hydrogens is 342 g/mol. The fourth-order valence-corrected chi connectivity index (χ4v) is 6.03. The van der Waals surface area contributed by atoms with Gasteiger partial charge >= 0.3 is 6.09 Å². The van der Waals surface area contributed by atoms with Gasteiger partial charge in [-0.1, -0.05) is 0 Å². The molecule has 0 bridgehead atoms. The van der Waals surface area contributed by atoms with Gasteiger partial charge in [0.25, 0.3) is 0 Å². The maximum atomic E-state index is 12.8. The average molecular weight is 378 g/mol. The summed E-state index contributed by atoms with van der Waals surface area (Å²) < 4.78 is 5.15. The number of rotatable bonds is 5. The van der Waals surface area contributed by atoms with Crippen LogP contribution in [0.15, 0.2) is 0 Å². The first-order valence-corrected chi connectivity index (χ1v) is 10.9. The van der Waals surface area contributed by atoms with E-state index >= 15 is 0 Å². The van der Waals surface area contributed by atoms with Gasteiger partial charge in [-0.15, -0.1) is 0 Å². The molecule has 2 aliphatic carbocycles. The van der Waals surface area contributed by atoms with Gasteiger partial charge in [0.05, 0.1) is 6.61 Å². The molecule has 6 heteroatoms. The average Bonchev–Trinajstić information content (AvgIpc) is 2.97. The van der Waals surface area contributed by atoms with Crippen LogP contribution in [-0.4, -0.2) is 78.1 Å². The van der Waals surface area contributed by atoms with Gasteiger partial charge < -0.3 is 14.5 Å². The van der Waals surface area contributed by atoms with Crippen molar-refractivity contribution in [2.45, 2.75) is 59.0 Å². The highest BCUT2D eigenvalue weighted by molar-refractivity contribution is 5.83. The lowest BCUT2D eigenvalue weighted by atomic mass is 9.64. The van der Waals surface area contributed by atoms with Crippen molar-refractivity contribution in [3.63, 3.8) is 0 Å². The van der Waals surface area contributed by atoms with Gasteiger partial charge in [0.1, 0.15) is 0 Å². The zero-order valence-electron chi connectivity index (χ0n) is 17.3. The van der Waals surface area contributed by atoms with Crippen molar-refractivity contribution in [2.24, 2.45) is 23.2 Å². The summed E-state index contributed by atoms with van der Waals surface area (Å²) in [4.78, 5) is 31.3. The third kappa shape index (κ3) is 3.24. The van der Waals surface area contributed by atoms with Crippen molar-refractivity contribution in [1.29, 1.82) is 0 Å². The van der Waals surface area contributed by atoms with Crippen LogP contribution in [0.5, 0.6) is 0 Å². The summed E-state index contributed by atoms with van der Waals surface area (Å²) in [6.07, 6.45) is 3.37. The number of fused-ring (bicyclic) bond motifs is 1. The Labute approximate surface area is 163 Å². The Morgan fingerprint density at radius 3 is 2.41 bits per heavy atom. The molecule has 2 saturated heterocycles. The summed E-state index contributed by atoms with van der Waals surface area (Å²) in [5.41, 5.74) is 0.329. The Balaban J connectivity index is 1.24. The number of amides is 2. The number of piperidine rings is 1. The molecule has 27 heavy (non-hydrogen) atoms. The molecule has 2 saturated carbocycles. The second kappa shape index (κ2) is 6.94. The van der Waals surface area contributed by atoms with Crippen LogP contribution < -0.4 is 0 Å². The predicted octanol–water partition coefficient (Wildman–Crippen LogP) is 2.43. The molecule has 1 spiro atoms. The van der Waals surface area contributed by atoms with Crippen LogP contribution in [0.3, 0.4) is 0 Å². The van der Waals surface area contributed by atoms with E-state index in [2.05, 4.69) is 25.7 Å². The fourth-order valence-electron chi connectivity index (χ4n) is 6.03. The van der Waals surface area contributed by atoms with E-state index < -0.39 is 0 Å². The first kappa shape index (κ1) is 19.0. The third-order valence-electron chi connectivity index (χ3n) is 7.57. The summed E-state index contributed by atoms with van der Waals surface area (Å²) in [6.45, 7) is 13.3. The van der Waals surface area contributed by atoms with Gasteiger partial charge in [-0.25, -0.2) is 4.79 Å². The Bertz CT molecular complexity index is 589. The lowest BCUT2D eigenvalue weighted by Crippen LogP contribution is -2.52. The van der Waals surface area contributed by atoms with Crippen LogP contribution in [0.4, 0.5) is 4.79 Å². The molecule has 4 rings (SSSR count). The summed E-state index contributed by atoms with van der Waals surface area (Å²) in [5, 5.41) is 0. The minimum Gasteiger partial charge on any atom is -0.450 e. The number of likely N-dealkylation sites (tertiary alicyclic amines) is 2. The first-order chi connectivity index (χ1) is 12.9. The topological polar surface area (TPSA) is 53.1 Å². The van der Waals surface area contributed by atoms with Gasteiger partial charge in [-0.2, -0.15) is 0 Å². The molecule has 2 heterocycles. The molecule has 0 aromatic rings. The molecule has 0 N–H and O–H groups in total. The second-order valence-corrected chi connectivity index (χ2v) is 9.46. The van der Waals surface area contributed by atoms with Crippen LogP contribution in [0.1, 0.15) is 47.0 Å². The molecule has 4 fully saturated rings. The maximum absolute atomic E-state index is 12.8. The number of nitrogens with zero attached hydrogens (tertiary/aromatic N) is 3. The fraction of sp³-hybridized carbons (Fsp3) is 0.905. The Morgan fingerprint density at radius 1 is 1.19 bits per heavy atom. The van der Waals surface area contributed by atoms with E-state index in [1.54, 1.807) is 0 Å². The van der Waals surface area contributed by atoms with Crippen molar-refractivity contribution >= 4 is 12.0 Å². The van der Waals surface area contributed by atoms with E-state index in [9.17, 15) is 9.59 Å². The van der Waals surface area contributed by atoms with Crippen LogP contribution in [0, 0.1) is 23.2 Å². The van der Waals surface area contributed by atoms with Gasteiger partial charge in [0, 0.05) is 50.7 Å². The lowest BCUT2D eigenvalue weighted by Gasteiger charge is -2.49. The van der Waals surface area contributed by atoms with E-state index in [-0.39, 0.29) is 12.0 Å². The molecule has 2 amide bonds. The van der Waals surface area contributed by atoms with Crippen molar-refractivity contribution in [2.75, 3.05) is 39.3 Å². The van der Waals surface area contributed by atoms with Crippen molar-refractivity contribution in [1.82, 2.24) is 14.7 Å². The van der Waals surface area contributed by atoms with Crippen molar-refractivity contribution in [3.05, 3.63) is 0 Å². The highest BCUT2D eigenvalue weighted by Gasteiger charge is 2.62. The molecule has 3 atom stereocenters. The molecule has 0 radical (unpaired) electrons. The summed E-state index contributed by atoms with van der Waals surface area (Å²) in [7, 11) is 0. The Morgan fingerprint density at radius 2 is 1.85 bits per heavy atom. The Kier molecular flexibility index (Phi) is 4.90. The Hall–Kier alpha value is -1.30. The SMILES string of the molecule is CCOC(=O)N1CCC2(CC(N3C[C@@H]4[C@H](C3)[C@H]4C(=O)N(CC)C(C)C)C2)C1. The number of hydrogen-bond donors (Lipinski definition) is 0. The number of hydrogen-bond acceptors (Lipinski definition) is 4. The normalized spacial score (nSPS) is 37.4. The number of carbonyl (C=O) groups is 2. The van der Waals surface area contributed by atoms with E-state index in [0.29, 0.717) is 41.8 Å². The summed E-state index contributed by atoms with van der Waals surface area (Å²) in [6, 6.07) is 0.958. The monoisotopic (exact) mass is 377 g/mol. The molecular formula is C21H35N3O3. The van der Waals surface area contributed by atoms with Gasteiger partial charge in [-0.3, -0.25) is 9.69 Å². The quantitative estimate of drug-likeness (QED) is 0.738. The maximum Gasteiger partial charge on any atom is 0.409 e. The van der Waals surface area contributed by atoms with E-state index in [1.807, 2.05) is 16.7 Å². The van der Waals surface area contributed by atoms with Crippen molar-refractivity contribution < 1.29 is 14.3 Å². The summed E-state index contributed by atoms with van der Waals surface area (Å²) >= 11 is 0. The van der Waals surface area contributed by atoms with E-state index in [4.69, 9.17) is 4.74 Å². The molecule has 4 aliphatic rings. The smallest absolute Gasteiger partial charge is 0.409 e. The minimum absolute atomic E-state index is 0.146. The zero-order valence-corrected chi connectivity index (χ0v) is 17.3. The predicted molar refractivity (Wildman–Crippen MR) is 103 cm³/mol. The van der Waals surface area contributed by atoms with Crippen molar-refractivity contribution in [3.8, 4) is 0 Å². The first-order valence-electron chi connectivity index (χ1n) is 10.9. The molecule has 2 aliphatic heterocycles. The zero-order chi connectivity index (χ0) is 19.3. The lowest BCUT2D eigenvalue weighted by molar-refractivity contribution is -0.135. The molecule has 152 valence electrons. The number of ether oxygens (including phenoxy) is 1. The van der Waals surface area contributed by atoms with Crippen LogP contribution in [0.2, 0.25) is 0 Å². The highest BCUT2D eigenvalue weighted by Crippen LogP contribution is 2.57. The standard InChI is InChI=1S/C21H35N3O3/c1-5-24(14(3)4)19(25)18-16-11-23(12-17(16)18)15-9-21(10-15)7-8-22(13-21)20(26)27-6-2/h14-18H,5-13H2,1-4H3/t15?,16-,17+,18+,21?. The largest absolute Gasteiger partial charge is 0.450 e. The molecule has 6 nitrogen and oxygen atoms in total. The van der Waals surface area contributed by atoms with Gasteiger partial charge in [-0.05, 0) is 64.2 Å². The third-order valence-corrected chi connectivity index (χ3v) is 7.57.